The number of aromatic nitrogens is 1. The first kappa shape index (κ1) is 20.7. The van der Waals surface area contributed by atoms with Gasteiger partial charge in [-0.15, -0.1) is 0 Å². The van der Waals surface area contributed by atoms with Gasteiger partial charge in [0.1, 0.15) is 18.4 Å². The SMILES string of the molecule is CCOc1ccc2c(C#N)c(-c3ccc(NC(=O)NCC(=O)O)cc3)n(CC)c2c1. The average Bonchev–Trinajstić information content (AvgIpc) is 3.05. The van der Waals surface area contributed by atoms with Crippen molar-refractivity contribution >= 4 is 28.6 Å². The van der Waals surface area contributed by atoms with Gasteiger partial charge in [-0.2, -0.15) is 5.26 Å². The number of urea groups is 1. The number of amides is 2. The third-order valence-electron chi connectivity index (χ3n) is 4.59. The molecule has 0 radical (unpaired) electrons. The number of hydrogen-bond acceptors (Lipinski definition) is 4. The highest BCUT2D eigenvalue weighted by atomic mass is 16.5. The van der Waals surface area contributed by atoms with Crippen LogP contribution in [0.4, 0.5) is 10.5 Å². The maximum atomic E-state index is 11.7. The van der Waals surface area contributed by atoms with Gasteiger partial charge in [-0.3, -0.25) is 4.79 Å². The van der Waals surface area contributed by atoms with E-state index >= 15 is 0 Å². The van der Waals surface area contributed by atoms with Crippen molar-refractivity contribution < 1.29 is 19.4 Å². The summed E-state index contributed by atoms with van der Waals surface area (Å²) in [6.07, 6.45) is 0. The number of benzene rings is 2. The molecule has 154 valence electrons. The molecule has 1 aromatic heterocycles. The Morgan fingerprint density at radius 3 is 2.50 bits per heavy atom. The highest BCUT2D eigenvalue weighted by Crippen LogP contribution is 2.35. The molecule has 0 aliphatic heterocycles. The number of anilines is 1. The van der Waals surface area contributed by atoms with E-state index in [1.807, 2.05) is 44.2 Å². The highest BCUT2D eigenvalue weighted by molar-refractivity contribution is 5.96. The molecule has 0 spiro atoms. The molecule has 8 heteroatoms. The molecular formula is C22H22N4O4. The largest absolute Gasteiger partial charge is 0.494 e. The summed E-state index contributed by atoms with van der Waals surface area (Å²) in [6, 6.07) is 14.5. The number of rotatable bonds is 7. The van der Waals surface area contributed by atoms with E-state index in [1.165, 1.54) is 0 Å². The Hall–Kier alpha value is -3.99. The van der Waals surface area contributed by atoms with Crippen molar-refractivity contribution in [3.05, 3.63) is 48.0 Å². The van der Waals surface area contributed by atoms with Crippen molar-refractivity contribution in [1.82, 2.24) is 9.88 Å². The zero-order valence-corrected chi connectivity index (χ0v) is 16.7. The maximum absolute atomic E-state index is 11.7. The lowest BCUT2D eigenvalue weighted by atomic mass is 10.1. The van der Waals surface area contributed by atoms with E-state index in [0.717, 1.165) is 27.9 Å². The summed E-state index contributed by atoms with van der Waals surface area (Å²) in [7, 11) is 0. The number of nitrogens with one attached hydrogen (secondary N) is 2. The first-order chi connectivity index (χ1) is 14.5. The zero-order chi connectivity index (χ0) is 21.7. The number of carbonyl (C=O) groups excluding carboxylic acids is 1. The fourth-order valence-corrected chi connectivity index (χ4v) is 3.37. The van der Waals surface area contributed by atoms with Gasteiger partial charge in [0, 0.05) is 23.7 Å². The van der Waals surface area contributed by atoms with E-state index in [-0.39, 0.29) is 0 Å². The van der Waals surface area contributed by atoms with E-state index in [1.54, 1.807) is 12.1 Å². The summed E-state index contributed by atoms with van der Waals surface area (Å²) in [5.41, 5.74) is 3.64. The number of aliphatic carboxylic acids is 1. The van der Waals surface area contributed by atoms with Crippen molar-refractivity contribution in [2.45, 2.75) is 20.4 Å². The summed E-state index contributed by atoms with van der Waals surface area (Å²) in [5.74, 6) is -0.371. The summed E-state index contributed by atoms with van der Waals surface area (Å²) in [4.78, 5) is 22.3. The van der Waals surface area contributed by atoms with Gasteiger partial charge in [0.25, 0.3) is 0 Å². The lowest BCUT2D eigenvalue weighted by Crippen LogP contribution is -2.33. The van der Waals surface area contributed by atoms with Crippen LogP contribution in [0.25, 0.3) is 22.2 Å². The van der Waals surface area contributed by atoms with Gasteiger partial charge in [-0.1, -0.05) is 12.1 Å². The van der Waals surface area contributed by atoms with Gasteiger partial charge in [0.2, 0.25) is 0 Å². The Kier molecular flexibility index (Phi) is 6.23. The lowest BCUT2D eigenvalue weighted by Gasteiger charge is -2.11. The number of ether oxygens (including phenoxy) is 1. The molecule has 30 heavy (non-hydrogen) atoms. The molecule has 0 aliphatic carbocycles. The van der Waals surface area contributed by atoms with Gasteiger partial charge < -0.3 is 25.0 Å². The van der Waals surface area contributed by atoms with Crippen molar-refractivity contribution in [1.29, 1.82) is 5.26 Å². The van der Waals surface area contributed by atoms with Crippen LogP contribution in [0.15, 0.2) is 42.5 Å². The van der Waals surface area contributed by atoms with Crippen LogP contribution in [0, 0.1) is 11.3 Å². The molecular weight excluding hydrogens is 384 g/mol. The molecule has 3 rings (SSSR count). The summed E-state index contributed by atoms with van der Waals surface area (Å²) < 4.78 is 7.68. The standard InChI is InChI=1S/C22H22N4O4/c1-3-26-19-11-16(30-4-2)9-10-17(19)18(12-23)21(26)14-5-7-15(8-6-14)25-22(29)24-13-20(27)28/h5-11H,3-4,13H2,1-2H3,(H,27,28)(H2,24,25,29). The minimum absolute atomic E-state index is 0.463. The molecule has 2 aromatic carbocycles. The van der Waals surface area contributed by atoms with E-state index in [0.29, 0.717) is 24.4 Å². The van der Waals surface area contributed by atoms with Crippen LogP contribution in [0.3, 0.4) is 0 Å². The van der Waals surface area contributed by atoms with Crippen LogP contribution >= 0.6 is 0 Å². The number of carboxylic acid groups (broad SMARTS) is 1. The maximum Gasteiger partial charge on any atom is 0.323 e. The van der Waals surface area contributed by atoms with E-state index in [2.05, 4.69) is 21.3 Å². The number of fused-ring (bicyclic) bond motifs is 1. The molecule has 1 heterocycles. The number of aryl methyl sites for hydroxylation is 1. The molecule has 2 amide bonds. The first-order valence-corrected chi connectivity index (χ1v) is 9.54. The first-order valence-electron chi connectivity index (χ1n) is 9.54. The minimum atomic E-state index is -1.12. The van der Waals surface area contributed by atoms with Crippen molar-refractivity contribution in [3.63, 3.8) is 0 Å². The second-order valence-electron chi connectivity index (χ2n) is 6.47. The van der Waals surface area contributed by atoms with Gasteiger partial charge in [0.15, 0.2) is 0 Å². The third-order valence-corrected chi connectivity index (χ3v) is 4.59. The molecule has 8 nitrogen and oxygen atoms in total. The number of nitriles is 1. The van der Waals surface area contributed by atoms with E-state index in [4.69, 9.17) is 9.84 Å². The number of carboxylic acids is 1. The monoisotopic (exact) mass is 406 g/mol. The summed E-state index contributed by atoms with van der Waals surface area (Å²) in [5, 5.41) is 24.1. The van der Waals surface area contributed by atoms with Gasteiger partial charge in [0.05, 0.1) is 23.4 Å². The molecule has 3 N–H and O–H groups in total. The van der Waals surface area contributed by atoms with Crippen LogP contribution in [0.1, 0.15) is 19.4 Å². The van der Waals surface area contributed by atoms with E-state index in [9.17, 15) is 14.9 Å². The highest BCUT2D eigenvalue weighted by Gasteiger charge is 2.18. The predicted octanol–water partition coefficient (Wildman–Crippen LogP) is 3.80. The summed E-state index contributed by atoms with van der Waals surface area (Å²) >= 11 is 0. The molecule has 0 unspecified atom stereocenters. The number of hydrogen-bond donors (Lipinski definition) is 3. The van der Waals surface area contributed by atoms with Crippen molar-refractivity contribution in [2.24, 2.45) is 0 Å². The van der Waals surface area contributed by atoms with Gasteiger partial charge >= 0.3 is 12.0 Å². The quantitative estimate of drug-likeness (QED) is 0.552. The fourth-order valence-electron chi connectivity index (χ4n) is 3.37. The van der Waals surface area contributed by atoms with Crippen LogP contribution in [-0.2, 0) is 11.3 Å². The Balaban J connectivity index is 1.96. The predicted molar refractivity (Wildman–Crippen MR) is 114 cm³/mol. The van der Waals surface area contributed by atoms with Crippen LogP contribution in [-0.4, -0.2) is 34.8 Å². The second-order valence-corrected chi connectivity index (χ2v) is 6.47. The van der Waals surface area contributed by atoms with Crippen molar-refractivity contribution in [3.8, 4) is 23.1 Å². The molecule has 0 atom stereocenters. The molecule has 0 fully saturated rings. The third kappa shape index (κ3) is 4.20. The second kappa shape index (κ2) is 9.01. The fraction of sp³-hybridized carbons (Fsp3) is 0.227. The van der Waals surface area contributed by atoms with Gasteiger partial charge in [-0.25, -0.2) is 4.79 Å². The minimum Gasteiger partial charge on any atom is -0.494 e. The topological polar surface area (TPSA) is 116 Å². The molecule has 0 bridgehead atoms. The van der Waals surface area contributed by atoms with Gasteiger partial charge in [-0.05, 0) is 43.7 Å². The average molecular weight is 406 g/mol. The Bertz CT molecular complexity index is 1130. The van der Waals surface area contributed by atoms with E-state index < -0.39 is 18.5 Å². The lowest BCUT2D eigenvalue weighted by molar-refractivity contribution is -0.135. The van der Waals surface area contributed by atoms with Crippen LogP contribution < -0.4 is 15.4 Å². The Morgan fingerprint density at radius 1 is 1.17 bits per heavy atom. The van der Waals surface area contributed by atoms with Crippen LogP contribution in [0.2, 0.25) is 0 Å². The normalized spacial score (nSPS) is 10.4. The van der Waals surface area contributed by atoms with Crippen LogP contribution in [0.5, 0.6) is 5.75 Å². The van der Waals surface area contributed by atoms with Crippen molar-refractivity contribution in [2.75, 3.05) is 18.5 Å². The Labute approximate surface area is 173 Å². The zero-order valence-electron chi connectivity index (χ0n) is 16.7. The number of carbonyl (C=O) groups is 2. The molecule has 3 aromatic rings. The summed E-state index contributed by atoms with van der Waals surface area (Å²) in [6.45, 7) is 4.70. The molecule has 0 saturated heterocycles. The smallest absolute Gasteiger partial charge is 0.323 e. The Morgan fingerprint density at radius 2 is 1.90 bits per heavy atom. The molecule has 0 aliphatic rings. The number of nitrogens with zero attached hydrogens (tertiary/aromatic N) is 2. The molecule has 0 saturated carbocycles.